The lowest BCUT2D eigenvalue weighted by atomic mass is 10.0. The number of amides is 2. The first-order chi connectivity index (χ1) is 18.1. The smallest absolute Gasteiger partial charge is 0.255 e. The minimum Gasteiger partial charge on any atom is -0.322 e. The summed E-state index contributed by atoms with van der Waals surface area (Å²) in [6, 6.07) is 10.6. The Bertz CT molecular complexity index is 1510. The largest absolute Gasteiger partial charge is 0.322 e. The molecule has 196 valence electrons. The highest BCUT2D eigenvalue weighted by atomic mass is 32.1. The van der Waals surface area contributed by atoms with Crippen LogP contribution in [0.3, 0.4) is 0 Å². The highest BCUT2D eigenvalue weighted by Gasteiger charge is 2.15. The van der Waals surface area contributed by atoms with E-state index in [1.807, 2.05) is 26.8 Å². The summed E-state index contributed by atoms with van der Waals surface area (Å²) < 4.78 is 15.6. The highest BCUT2D eigenvalue weighted by Crippen LogP contribution is 2.28. The van der Waals surface area contributed by atoms with Crippen molar-refractivity contribution >= 4 is 39.8 Å². The van der Waals surface area contributed by atoms with Crippen LogP contribution in [0.1, 0.15) is 47.8 Å². The molecular weight excluding hydrogens is 505 g/mol. The van der Waals surface area contributed by atoms with Gasteiger partial charge in [0.2, 0.25) is 5.91 Å². The van der Waals surface area contributed by atoms with Gasteiger partial charge in [-0.3, -0.25) is 9.59 Å². The molecule has 38 heavy (non-hydrogen) atoms. The maximum Gasteiger partial charge on any atom is 0.255 e. The van der Waals surface area contributed by atoms with E-state index in [9.17, 15) is 14.0 Å². The fourth-order valence-corrected chi connectivity index (χ4v) is 4.45. The van der Waals surface area contributed by atoms with E-state index in [2.05, 4.69) is 37.8 Å². The minimum absolute atomic E-state index is 0.200. The van der Waals surface area contributed by atoms with Crippen molar-refractivity contribution in [2.75, 3.05) is 10.6 Å². The molecule has 4 aromatic rings. The SMILES string of the molecule is C=C(F)c1cc(CNC(C)C)cc(C(=O)Nc2ccc(C)c(-n3cc(-c4cnc(NC(C)=O)s4)nn3)c2)c1. The Morgan fingerprint density at radius 1 is 1.13 bits per heavy atom. The van der Waals surface area contributed by atoms with Gasteiger partial charge in [0, 0.05) is 42.5 Å². The van der Waals surface area contributed by atoms with Crippen LogP contribution in [0.2, 0.25) is 0 Å². The van der Waals surface area contributed by atoms with Crippen molar-refractivity contribution in [2.45, 2.75) is 40.3 Å². The number of rotatable bonds is 9. The molecule has 0 fully saturated rings. The van der Waals surface area contributed by atoms with Gasteiger partial charge in [0.05, 0.1) is 16.8 Å². The van der Waals surface area contributed by atoms with Gasteiger partial charge in [0.25, 0.3) is 5.91 Å². The number of thiazole rings is 1. The Balaban J connectivity index is 1.56. The van der Waals surface area contributed by atoms with E-state index in [0.29, 0.717) is 28.6 Å². The van der Waals surface area contributed by atoms with Crippen LogP contribution in [0.25, 0.3) is 22.1 Å². The molecule has 0 unspecified atom stereocenters. The topological polar surface area (TPSA) is 114 Å². The molecule has 2 aromatic carbocycles. The maximum absolute atomic E-state index is 14.0. The summed E-state index contributed by atoms with van der Waals surface area (Å²) >= 11 is 1.29. The molecule has 0 aliphatic rings. The summed E-state index contributed by atoms with van der Waals surface area (Å²) in [6.07, 6.45) is 3.38. The molecule has 9 nitrogen and oxygen atoms in total. The first-order valence-electron chi connectivity index (χ1n) is 11.9. The molecule has 2 heterocycles. The van der Waals surface area contributed by atoms with E-state index in [1.165, 1.54) is 24.3 Å². The van der Waals surface area contributed by atoms with Crippen molar-refractivity contribution < 1.29 is 14.0 Å². The number of benzene rings is 2. The third-order valence-corrected chi connectivity index (χ3v) is 6.47. The summed E-state index contributed by atoms with van der Waals surface area (Å²) in [6.45, 7) is 11.2. The second-order valence-corrected chi connectivity index (χ2v) is 10.1. The van der Waals surface area contributed by atoms with Gasteiger partial charge in [-0.05, 0) is 48.4 Å². The number of halogens is 1. The Morgan fingerprint density at radius 2 is 1.89 bits per heavy atom. The van der Waals surface area contributed by atoms with Crippen LogP contribution in [-0.2, 0) is 11.3 Å². The second kappa shape index (κ2) is 11.4. The summed E-state index contributed by atoms with van der Waals surface area (Å²) in [7, 11) is 0. The molecule has 3 N–H and O–H groups in total. The summed E-state index contributed by atoms with van der Waals surface area (Å²) in [5.41, 5.74) is 4.16. The first-order valence-corrected chi connectivity index (χ1v) is 12.7. The maximum atomic E-state index is 14.0. The van der Waals surface area contributed by atoms with E-state index >= 15 is 0 Å². The molecule has 0 aliphatic heterocycles. The van der Waals surface area contributed by atoms with E-state index in [-0.39, 0.29) is 23.4 Å². The molecular formula is C27H28FN7O2S. The number of nitrogens with zero attached hydrogens (tertiary/aromatic N) is 4. The average Bonchev–Trinajstić information content (AvgIpc) is 3.53. The molecule has 0 spiro atoms. The number of nitrogens with one attached hydrogen (secondary N) is 3. The van der Waals surface area contributed by atoms with Gasteiger partial charge in [0.1, 0.15) is 11.5 Å². The predicted octanol–water partition coefficient (Wildman–Crippen LogP) is 5.35. The van der Waals surface area contributed by atoms with E-state index in [0.717, 1.165) is 21.7 Å². The van der Waals surface area contributed by atoms with Crippen molar-refractivity contribution in [3.63, 3.8) is 0 Å². The van der Waals surface area contributed by atoms with Gasteiger partial charge in [-0.2, -0.15) is 0 Å². The van der Waals surface area contributed by atoms with E-state index < -0.39 is 5.83 Å². The zero-order chi connectivity index (χ0) is 27.4. The Labute approximate surface area is 223 Å². The fourth-order valence-electron chi connectivity index (χ4n) is 3.64. The number of aryl methyl sites for hydroxylation is 1. The molecule has 0 bridgehead atoms. The first kappa shape index (κ1) is 26.8. The lowest BCUT2D eigenvalue weighted by Gasteiger charge is -2.13. The van der Waals surface area contributed by atoms with Crippen LogP contribution in [0.15, 0.2) is 55.4 Å². The fraction of sp³-hybridized carbons (Fsp3) is 0.222. The van der Waals surface area contributed by atoms with Crippen LogP contribution < -0.4 is 16.0 Å². The van der Waals surface area contributed by atoms with Crippen LogP contribution in [0, 0.1) is 6.92 Å². The third-order valence-electron chi connectivity index (χ3n) is 5.53. The van der Waals surface area contributed by atoms with Crippen LogP contribution in [-0.4, -0.2) is 37.8 Å². The van der Waals surface area contributed by atoms with Crippen molar-refractivity contribution in [2.24, 2.45) is 0 Å². The Morgan fingerprint density at radius 3 is 2.61 bits per heavy atom. The number of carbonyl (C=O) groups is 2. The van der Waals surface area contributed by atoms with E-state index in [1.54, 1.807) is 41.3 Å². The van der Waals surface area contributed by atoms with Crippen molar-refractivity contribution in [1.29, 1.82) is 0 Å². The predicted molar refractivity (Wildman–Crippen MR) is 148 cm³/mol. The third kappa shape index (κ3) is 6.55. The number of carbonyl (C=O) groups excluding carboxylic acids is 2. The van der Waals surface area contributed by atoms with Crippen LogP contribution in [0.5, 0.6) is 0 Å². The minimum atomic E-state index is -0.602. The zero-order valence-electron chi connectivity index (χ0n) is 21.5. The summed E-state index contributed by atoms with van der Waals surface area (Å²) in [5, 5.41) is 17.8. The van der Waals surface area contributed by atoms with Gasteiger partial charge in [-0.15, -0.1) is 5.10 Å². The van der Waals surface area contributed by atoms with Gasteiger partial charge < -0.3 is 16.0 Å². The number of hydrogen-bond acceptors (Lipinski definition) is 7. The second-order valence-electron chi connectivity index (χ2n) is 9.07. The summed E-state index contributed by atoms with van der Waals surface area (Å²) in [5.74, 6) is -1.17. The Hall–Kier alpha value is -4.22. The molecule has 2 amide bonds. The molecule has 0 atom stereocenters. The lowest BCUT2D eigenvalue weighted by molar-refractivity contribution is -0.114. The van der Waals surface area contributed by atoms with Crippen LogP contribution >= 0.6 is 11.3 Å². The zero-order valence-corrected chi connectivity index (χ0v) is 22.3. The quantitative estimate of drug-likeness (QED) is 0.267. The number of hydrogen-bond donors (Lipinski definition) is 3. The highest BCUT2D eigenvalue weighted by molar-refractivity contribution is 7.19. The molecule has 2 aromatic heterocycles. The van der Waals surface area contributed by atoms with Gasteiger partial charge in [-0.25, -0.2) is 14.1 Å². The number of aromatic nitrogens is 4. The molecule has 0 radical (unpaired) electrons. The van der Waals surface area contributed by atoms with Gasteiger partial charge in [0.15, 0.2) is 5.13 Å². The lowest BCUT2D eigenvalue weighted by Crippen LogP contribution is -2.22. The average molecular weight is 534 g/mol. The van der Waals surface area contributed by atoms with Gasteiger partial charge >= 0.3 is 0 Å². The normalized spacial score (nSPS) is 11.0. The molecule has 11 heteroatoms. The molecule has 0 saturated heterocycles. The van der Waals surface area contributed by atoms with Crippen LogP contribution in [0.4, 0.5) is 15.2 Å². The Kier molecular flexibility index (Phi) is 8.08. The van der Waals surface area contributed by atoms with Crippen molar-refractivity contribution in [3.05, 3.63) is 77.6 Å². The van der Waals surface area contributed by atoms with Crippen molar-refractivity contribution in [3.8, 4) is 16.3 Å². The molecule has 0 saturated carbocycles. The van der Waals surface area contributed by atoms with E-state index in [4.69, 9.17) is 0 Å². The molecule has 0 aliphatic carbocycles. The van der Waals surface area contributed by atoms with Gasteiger partial charge in [-0.1, -0.05) is 43.0 Å². The monoisotopic (exact) mass is 533 g/mol. The molecule has 4 rings (SSSR count). The summed E-state index contributed by atoms with van der Waals surface area (Å²) in [4.78, 5) is 29.3. The number of anilines is 2. The standard InChI is InChI=1S/C27H28FN7O2S/c1-15(2)29-12-19-8-20(17(4)28)10-21(9-19)26(37)32-22-7-6-16(3)24(11-22)35-14-23(33-34-35)25-13-30-27(38-25)31-18(5)36/h6-11,13-15,29H,4,12H2,1-3,5H3,(H,32,37)(H,30,31,36). The van der Waals surface area contributed by atoms with Crippen molar-refractivity contribution in [1.82, 2.24) is 25.3 Å².